The van der Waals surface area contributed by atoms with Crippen molar-refractivity contribution in [3.05, 3.63) is 243 Å². The molecule has 0 atom stereocenters. The molecule has 0 saturated carbocycles. The van der Waals surface area contributed by atoms with Crippen molar-refractivity contribution in [2.75, 3.05) is 4.90 Å². The third-order valence-electron chi connectivity index (χ3n) is 13.8. The van der Waals surface area contributed by atoms with Crippen LogP contribution in [0.2, 0.25) is 0 Å². The summed E-state index contributed by atoms with van der Waals surface area (Å²) in [6.07, 6.45) is 0. The maximum Gasteiger partial charge on any atom is 0.143 e. The standard InChI is InChI=1S/C64H40N2OS/c1-2-20-50-42(14-1)15-13-25-51(50)44-16-11-18-47(36-44)65(46-33-30-41(31-34-46)43-32-35-63-57(38-43)55-24-6-10-29-62(55)68-63)49-39-56(64-58(40-49)54-23-5-9-28-61(54)67-64)45-17-12-19-48(37-45)66-59-26-7-3-21-52(59)53-22-4-8-27-60(53)66/h1-40H. The Hall–Kier alpha value is -8.70. The minimum absolute atomic E-state index is 0.865. The van der Waals surface area contributed by atoms with Crippen LogP contribution in [0.25, 0.3) is 114 Å². The summed E-state index contributed by atoms with van der Waals surface area (Å²) >= 11 is 1.85. The molecule has 14 rings (SSSR count). The van der Waals surface area contributed by atoms with Crippen LogP contribution in [-0.2, 0) is 0 Å². The highest BCUT2D eigenvalue weighted by atomic mass is 32.1. The first-order valence-electron chi connectivity index (χ1n) is 23.1. The number of aromatic nitrogens is 1. The van der Waals surface area contributed by atoms with E-state index in [2.05, 4.69) is 252 Å². The Kier molecular flexibility index (Phi) is 8.76. The van der Waals surface area contributed by atoms with Gasteiger partial charge in [0.1, 0.15) is 11.2 Å². The molecule has 0 saturated heterocycles. The van der Waals surface area contributed by atoms with E-state index in [0.29, 0.717) is 0 Å². The number of para-hydroxylation sites is 3. The second-order valence-electron chi connectivity index (χ2n) is 17.7. The van der Waals surface area contributed by atoms with Gasteiger partial charge in [0.05, 0.1) is 11.0 Å². The number of thiophene rings is 1. The highest BCUT2D eigenvalue weighted by molar-refractivity contribution is 7.25. The first-order valence-corrected chi connectivity index (χ1v) is 24.0. The summed E-state index contributed by atoms with van der Waals surface area (Å²) in [5.41, 5.74) is 15.2. The summed E-state index contributed by atoms with van der Waals surface area (Å²) < 4.78 is 11.9. The predicted molar refractivity (Wildman–Crippen MR) is 289 cm³/mol. The minimum Gasteiger partial charge on any atom is -0.455 e. The summed E-state index contributed by atoms with van der Waals surface area (Å²) in [6, 6.07) is 88.3. The Morgan fingerprint density at radius 2 is 0.971 bits per heavy atom. The molecular weight excluding hydrogens is 845 g/mol. The van der Waals surface area contributed by atoms with Crippen LogP contribution in [0.5, 0.6) is 0 Å². The van der Waals surface area contributed by atoms with Crippen molar-refractivity contribution in [2.24, 2.45) is 0 Å². The third kappa shape index (κ3) is 6.19. The molecule has 0 aliphatic carbocycles. The molecule has 3 heterocycles. The van der Waals surface area contributed by atoms with Crippen molar-refractivity contribution < 1.29 is 4.42 Å². The van der Waals surface area contributed by atoms with E-state index in [1.54, 1.807) is 0 Å². The number of hydrogen-bond donors (Lipinski definition) is 0. The number of nitrogens with zero attached hydrogens (tertiary/aromatic N) is 2. The minimum atomic E-state index is 0.865. The number of benzene rings is 11. The average molecular weight is 885 g/mol. The highest BCUT2D eigenvalue weighted by Gasteiger charge is 2.22. The molecule has 0 spiro atoms. The molecule has 3 aromatic heterocycles. The van der Waals surface area contributed by atoms with Crippen molar-refractivity contribution >= 4 is 103 Å². The number of furan rings is 1. The zero-order chi connectivity index (χ0) is 44.7. The van der Waals surface area contributed by atoms with Crippen LogP contribution in [0.3, 0.4) is 0 Å². The zero-order valence-corrected chi connectivity index (χ0v) is 37.6. The molecular formula is C64H40N2OS. The topological polar surface area (TPSA) is 21.3 Å². The van der Waals surface area contributed by atoms with E-state index in [4.69, 9.17) is 4.42 Å². The molecule has 0 fully saturated rings. The Labute approximate surface area is 396 Å². The Bertz CT molecular complexity index is 4230. The quantitative estimate of drug-likeness (QED) is 0.159. The predicted octanol–water partition coefficient (Wildman–Crippen LogP) is 18.7. The van der Waals surface area contributed by atoms with E-state index in [1.807, 2.05) is 11.3 Å². The summed E-state index contributed by atoms with van der Waals surface area (Å²) in [4.78, 5) is 2.41. The van der Waals surface area contributed by atoms with Crippen molar-refractivity contribution in [1.29, 1.82) is 0 Å². The summed E-state index contributed by atoms with van der Waals surface area (Å²) in [6.45, 7) is 0. The van der Waals surface area contributed by atoms with Gasteiger partial charge in [0.15, 0.2) is 0 Å². The number of rotatable bonds is 7. The molecule has 318 valence electrons. The largest absolute Gasteiger partial charge is 0.455 e. The number of fused-ring (bicyclic) bond motifs is 10. The van der Waals surface area contributed by atoms with Crippen LogP contribution < -0.4 is 4.90 Å². The first kappa shape index (κ1) is 38.6. The molecule has 3 nitrogen and oxygen atoms in total. The van der Waals surface area contributed by atoms with Gasteiger partial charge in [-0.05, 0) is 124 Å². The normalized spacial score (nSPS) is 11.8. The lowest BCUT2D eigenvalue weighted by molar-refractivity contribution is 0.670. The van der Waals surface area contributed by atoms with Crippen LogP contribution >= 0.6 is 11.3 Å². The molecule has 68 heavy (non-hydrogen) atoms. The first-order chi connectivity index (χ1) is 33.7. The molecule has 11 aromatic carbocycles. The SMILES string of the molecule is c1cc(-c2cccc3ccccc23)cc(N(c2ccc(-c3ccc4sc5ccccc5c4c3)cc2)c2cc(-c3cccc(-n4c5ccccc5c5ccccc54)c3)c3oc4ccccc4c3c2)c1. The van der Waals surface area contributed by atoms with Crippen molar-refractivity contribution in [2.45, 2.75) is 0 Å². The number of anilines is 3. The van der Waals surface area contributed by atoms with E-state index < -0.39 is 0 Å². The summed E-state index contributed by atoms with van der Waals surface area (Å²) in [5.74, 6) is 0. The fourth-order valence-corrected chi connectivity index (χ4v) is 11.7. The van der Waals surface area contributed by atoms with E-state index in [0.717, 1.165) is 61.4 Å². The van der Waals surface area contributed by atoms with Gasteiger partial charge in [-0.25, -0.2) is 0 Å². The van der Waals surface area contributed by atoms with E-state index >= 15 is 0 Å². The van der Waals surface area contributed by atoms with Gasteiger partial charge in [-0.2, -0.15) is 0 Å². The van der Waals surface area contributed by atoms with Gasteiger partial charge in [0, 0.05) is 70.0 Å². The highest BCUT2D eigenvalue weighted by Crippen LogP contribution is 2.46. The maximum atomic E-state index is 6.86. The van der Waals surface area contributed by atoms with Gasteiger partial charge in [-0.15, -0.1) is 11.3 Å². The van der Waals surface area contributed by atoms with Crippen LogP contribution in [-0.4, -0.2) is 4.57 Å². The lowest BCUT2D eigenvalue weighted by atomic mass is 9.97. The van der Waals surface area contributed by atoms with E-state index in [9.17, 15) is 0 Å². The van der Waals surface area contributed by atoms with Gasteiger partial charge in [-0.3, -0.25) is 0 Å². The maximum absolute atomic E-state index is 6.86. The lowest BCUT2D eigenvalue weighted by Crippen LogP contribution is -2.10. The fourth-order valence-electron chi connectivity index (χ4n) is 10.6. The Morgan fingerprint density at radius 3 is 1.79 bits per heavy atom. The molecule has 0 bridgehead atoms. The van der Waals surface area contributed by atoms with Gasteiger partial charge in [-0.1, -0.05) is 158 Å². The van der Waals surface area contributed by atoms with Crippen molar-refractivity contribution in [1.82, 2.24) is 4.57 Å². The molecule has 4 heteroatoms. The van der Waals surface area contributed by atoms with Crippen molar-refractivity contribution in [3.8, 4) is 39.1 Å². The smallest absolute Gasteiger partial charge is 0.143 e. The zero-order valence-electron chi connectivity index (χ0n) is 36.8. The molecule has 14 aromatic rings. The molecule has 0 amide bonds. The molecule has 0 aliphatic heterocycles. The third-order valence-corrected chi connectivity index (χ3v) is 14.9. The monoisotopic (exact) mass is 884 g/mol. The average Bonchev–Trinajstić information content (AvgIpc) is 4.08. The van der Waals surface area contributed by atoms with Crippen LogP contribution in [0.4, 0.5) is 17.1 Å². The summed E-state index contributed by atoms with van der Waals surface area (Å²) in [7, 11) is 0. The molecule has 0 aliphatic rings. The van der Waals surface area contributed by atoms with Gasteiger partial charge >= 0.3 is 0 Å². The van der Waals surface area contributed by atoms with Gasteiger partial charge in [0.25, 0.3) is 0 Å². The number of hydrogen-bond acceptors (Lipinski definition) is 3. The summed E-state index contributed by atoms with van der Waals surface area (Å²) in [5, 5.41) is 9.69. The molecule has 0 N–H and O–H groups in total. The van der Waals surface area contributed by atoms with Gasteiger partial charge < -0.3 is 13.9 Å². The fraction of sp³-hybridized carbons (Fsp3) is 0. The molecule has 0 unspecified atom stereocenters. The Morgan fingerprint density at radius 1 is 0.338 bits per heavy atom. The van der Waals surface area contributed by atoms with Crippen LogP contribution in [0, 0.1) is 0 Å². The second kappa shape index (κ2) is 15.5. The van der Waals surface area contributed by atoms with Crippen LogP contribution in [0.1, 0.15) is 0 Å². The Balaban J connectivity index is 0.976. The lowest BCUT2D eigenvalue weighted by Gasteiger charge is -2.27. The second-order valence-corrected chi connectivity index (χ2v) is 18.7. The van der Waals surface area contributed by atoms with Gasteiger partial charge in [0.2, 0.25) is 0 Å². The van der Waals surface area contributed by atoms with E-state index in [1.165, 1.54) is 69.4 Å². The van der Waals surface area contributed by atoms with E-state index in [-0.39, 0.29) is 0 Å². The van der Waals surface area contributed by atoms with Crippen LogP contribution in [0.15, 0.2) is 247 Å². The molecule has 0 radical (unpaired) electrons. The van der Waals surface area contributed by atoms with Crippen molar-refractivity contribution in [3.63, 3.8) is 0 Å².